The van der Waals surface area contributed by atoms with Crippen LogP contribution in [0.2, 0.25) is 4.44 Å². The fraction of sp³-hybridized carbons (Fsp3) is 0.893. The van der Waals surface area contributed by atoms with Crippen LogP contribution in [0.5, 0.6) is 0 Å². The standard InChI is InChI=1S/3C8H16O3.C4H9.Sn/c3*1-3-5-6-7(8(9)10)11-4-2;1-3-4-2;/h3*7H,3-6H2,1-2H3,(H,9,10);1,3-4H2,2H3;/q;;;;+3/p-3. The number of unbranched alkanes of at least 4 members (excludes halogenated alkanes) is 4. The van der Waals surface area contributed by atoms with Gasteiger partial charge >= 0.3 is 46.7 Å². The quantitative estimate of drug-likeness (QED) is 0.181. The number of carboxylic acid groups (broad SMARTS) is 3. The van der Waals surface area contributed by atoms with E-state index in [1.165, 1.54) is 17.3 Å². The molecule has 0 rings (SSSR count). The summed E-state index contributed by atoms with van der Waals surface area (Å²) in [7, 11) is 0. The summed E-state index contributed by atoms with van der Waals surface area (Å²) in [4.78, 5) is 31.1. The molecule has 0 saturated heterocycles. The first-order chi connectivity index (χ1) is 18.1. The number of carboxylic acids is 3. The van der Waals surface area contributed by atoms with E-state index < -0.39 is 36.2 Å². The van der Waals surface area contributed by atoms with Crippen molar-refractivity contribution in [2.75, 3.05) is 19.8 Å². The molecule has 0 aromatic carbocycles. The Bertz CT molecular complexity index is 450. The molecule has 38 heavy (non-hydrogen) atoms. The maximum absolute atomic E-state index is 10.4. The van der Waals surface area contributed by atoms with Gasteiger partial charge in [-0.25, -0.2) is 0 Å². The molecule has 0 aliphatic heterocycles. The van der Waals surface area contributed by atoms with E-state index in [4.69, 9.17) is 14.2 Å². The van der Waals surface area contributed by atoms with Gasteiger partial charge in [0.25, 0.3) is 0 Å². The first-order valence-electron chi connectivity index (χ1n) is 14.2. The van der Waals surface area contributed by atoms with Gasteiger partial charge in [0.2, 0.25) is 0 Å². The molecule has 0 aromatic heterocycles. The minimum atomic E-state index is -1.10. The monoisotopic (exact) mass is 654 g/mol. The molecule has 0 aliphatic rings. The number of rotatable bonds is 20. The van der Waals surface area contributed by atoms with Crippen molar-refractivity contribution in [2.45, 2.75) is 142 Å². The van der Waals surface area contributed by atoms with Gasteiger partial charge in [0.05, 0.1) is 36.2 Å². The molecule has 3 atom stereocenters. The molecule has 0 aliphatic carbocycles. The van der Waals surface area contributed by atoms with Crippen LogP contribution in [0.4, 0.5) is 0 Å². The molecule has 10 heteroatoms. The predicted molar refractivity (Wildman–Crippen MR) is 145 cm³/mol. The molecule has 0 amide bonds. The normalized spacial score (nSPS) is 12.3. The number of hydrogen-bond donors (Lipinski definition) is 0. The fourth-order valence-corrected chi connectivity index (χ4v) is 3.77. The second-order valence-corrected chi connectivity index (χ2v) is 9.75. The van der Waals surface area contributed by atoms with Crippen LogP contribution in [0.3, 0.4) is 0 Å². The first kappa shape index (κ1) is 44.1. The summed E-state index contributed by atoms with van der Waals surface area (Å²) in [5.74, 6) is -3.29. The van der Waals surface area contributed by atoms with E-state index in [0.29, 0.717) is 39.1 Å². The zero-order chi connectivity index (χ0) is 30.2. The molecule has 0 aromatic rings. The van der Waals surface area contributed by atoms with E-state index in [0.717, 1.165) is 38.5 Å². The van der Waals surface area contributed by atoms with Crippen molar-refractivity contribution >= 4 is 40.4 Å². The van der Waals surface area contributed by atoms with Crippen LogP contribution in [0.25, 0.3) is 0 Å². The third kappa shape index (κ3) is 35.1. The van der Waals surface area contributed by atoms with E-state index >= 15 is 0 Å². The summed E-state index contributed by atoms with van der Waals surface area (Å²) in [5, 5.41) is 31.1. The van der Waals surface area contributed by atoms with Gasteiger partial charge < -0.3 is 43.9 Å². The van der Waals surface area contributed by atoms with E-state index in [-0.39, 0.29) is 0 Å². The number of hydrogen-bond acceptors (Lipinski definition) is 9. The fourth-order valence-electron chi connectivity index (χ4n) is 2.76. The molecule has 0 saturated carbocycles. The van der Waals surface area contributed by atoms with E-state index in [1.807, 2.05) is 20.8 Å². The average Bonchev–Trinajstić information content (AvgIpc) is 2.88. The van der Waals surface area contributed by atoms with Crippen LogP contribution in [0.15, 0.2) is 0 Å². The van der Waals surface area contributed by atoms with Crippen LogP contribution in [-0.2, 0) is 28.6 Å². The second kappa shape index (κ2) is 36.1. The van der Waals surface area contributed by atoms with Gasteiger partial charge in [-0.15, -0.1) is 0 Å². The van der Waals surface area contributed by atoms with E-state index in [1.54, 1.807) is 43.3 Å². The van der Waals surface area contributed by atoms with Gasteiger partial charge in [-0.1, -0.05) is 59.3 Å². The third-order valence-electron chi connectivity index (χ3n) is 4.88. The van der Waals surface area contributed by atoms with Crippen LogP contribution in [0.1, 0.15) is 119 Å². The van der Waals surface area contributed by atoms with Gasteiger partial charge in [-0.3, -0.25) is 0 Å². The average molecular weight is 653 g/mol. The Morgan fingerprint density at radius 1 is 0.526 bits per heavy atom. The Labute approximate surface area is 245 Å². The van der Waals surface area contributed by atoms with Crippen molar-refractivity contribution in [3.05, 3.63) is 0 Å². The Morgan fingerprint density at radius 3 is 0.868 bits per heavy atom. The summed E-state index contributed by atoms with van der Waals surface area (Å²) in [6.45, 7) is 14.9. The Kier molecular flexibility index (Phi) is 41.9. The van der Waals surface area contributed by atoms with Gasteiger partial charge in [0, 0.05) is 19.8 Å². The summed E-state index contributed by atoms with van der Waals surface area (Å²) >= 11 is 1.68. The first-order valence-corrected chi connectivity index (χ1v) is 16.2. The molecule has 3 unspecified atom stereocenters. The second-order valence-electron chi connectivity index (χ2n) is 8.32. The van der Waals surface area contributed by atoms with E-state index in [2.05, 4.69) is 6.92 Å². The molecular formula is C28H54O9Sn. The molecule has 0 heterocycles. The van der Waals surface area contributed by atoms with Crippen molar-refractivity contribution in [2.24, 2.45) is 0 Å². The van der Waals surface area contributed by atoms with Crippen LogP contribution >= 0.6 is 0 Å². The third-order valence-corrected chi connectivity index (χ3v) is 5.89. The molecule has 0 fully saturated rings. The van der Waals surface area contributed by atoms with E-state index in [9.17, 15) is 29.7 Å². The summed E-state index contributed by atoms with van der Waals surface area (Å²) in [6.07, 6.45) is 7.93. The van der Waals surface area contributed by atoms with Gasteiger partial charge in [-0.2, -0.15) is 0 Å². The molecule has 9 nitrogen and oxygen atoms in total. The molecule has 0 N–H and O–H groups in total. The van der Waals surface area contributed by atoms with Crippen molar-refractivity contribution in [1.29, 1.82) is 0 Å². The Balaban J connectivity index is -0.000000209. The molecular weight excluding hydrogens is 599 g/mol. The Hall–Kier alpha value is -0.911. The summed E-state index contributed by atoms with van der Waals surface area (Å²) in [6, 6.07) is 0. The Morgan fingerprint density at radius 2 is 0.763 bits per heavy atom. The zero-order valence-electron chi connectivity index (χ0n) is 25.0. The van der Waals surface area contributed by atoms with Crippen molar-refractivity contribution in [1.82, 2.24) is 0 Å². The predicted octanol–water partition coefficient (Wildman–Crippen LogP) is 2.37. The number of carbonyl (C=O) groups is 3. The number of aliphatic carboxylic acids is 3. The number of ether oxygens (including phenoxy) is 3. The molecule has 0 bridgehead atoms. The summed E-state index contributed by atoms with van der Waals surface area (Å²) < 4.78 is 16.3. The molecule has 224 valence electrons. The number of carbonyl (C=O) groups excluding carboxylic acids is 3. The topological polar surface area (TPSA) is 148 Å². The SMILES string of the molecule is CCCCC(OCC)C(=O)[O-].CCCCC(OCC)C(=O)[O-].CCCCC(OCC)C(=O)[O-].CCC[CH2][Sn+3]. The maximum atomic E-state index is 10.4. The van der Waals surface area contributed by atoms with Crippen molar-refractivity contribution in [3.63, 3.8) is 0 Å². The molecule has 0 spiro atoms. The van der Waals surface area contributed by atoms with Gasteiger partial charge in [-0.05, 0) is 40.0 Å². The zero-order valence-corrected chi connectivity index (χ0v) is 27.9. The van der Waals surface area contributed by atoms with Gasteiger partial charge in [0.1, 0.15) is 0 Å². The van der Waals surface area contributed by atoms with Crippen LogP contribution in [-0.4, -0.2) is 78.6 Å². The van der Waals surface area contributed by atoms with Crippen molar-refractivity contribution in [3.8, 4) is 0 Å². The van der Waals surface area contributed by atoms with Crippen LogP contribution in [0, 0.1) is 0 Å². The van der Waals surface area contributed by atoms with Crippen LogP contribution < -0.4 is 15.3 Å². The minimum absolute atomic E-state index is 0.433. The summed E-state index contributed by atoms with van der Waals surface area (Å²) in [5.41, 5.74) is 0. The molecule has 0 radical (unpaired) electrons. The van der Waals surface area contributed by atoms with Gasteiger partial charge in [0.15, 0.2) is 0 Å². The van der Waals surface area contributed by atoms with Crippen molar-refractivity contribution < 1.29 is 43.9 Å².